The number of piperazine rings is 1. The van der Waals surface area contributed by atoms with Crippen LogP contribution in [0.1, 0.15) is 5.69 Å². The standard InChI is InChI=1S/C22H19Cl2F3N4O2/c23-15-4-3-5-16(12-15)29-8-10-30(11-9-29)20(32)14-33-21-13-19(22(25,26)27)28-31(21)18-7-2-1-6-17(18)24/h1-7,12-13H,8-11,14H2. The molecule has 1 fully saturated rings. The second-order valence-corrected chi connectivity index (χ2v) is 8.21. The summed E-state index contributed by atoms with van der Waals surface area (Å²) in [7, 11) is 0. The second kappa shape index (κ2) is 9.52. The highest BCUT2D eigenvalue weighted by Crippen LogP contribution is 2.33. The van der Waals surface area contributed by atoms with E-state index < -0.39 is 18.5 Å². The Hall–Kier alpha value is -2.91. The van der Waals surface area contributed by atoms with Crippen molar-refractivity contribution in [2.75, 3.05) is 37.7 Å². The van der Waals surface area contributed by atoms with E-state index in [-0.39, 0.29) is 22.5 Å². The fraction of sp³-hybridized carbons (Fsp3) is 0.273. The van der Waals surface area contributed by atoms with Crippen LogP contribution in [0.4, 0.5) is 18.9 Å². The van der Waals surface area contributed by atoms with E-state index in [1.807, 2.05) is 18.2 Å². The Morgan fingerprint density at radius 2 is 1.73 bits per heavy atom. The molecule has 0 radical (unpaired) electrons. The van der Waals surface area contributed by atoms with Crippen LogP contribution in [0.5, 0.6) is 5.88 Å². The number of ether oxygens (including phenoxy) is 1. The van der Waals surface area contributed by atoms with Crippen LogP contribution in [0.2, 0.25) is 10.0 Å². The molecular weight excluding hydrogens is 480 g/mol. The lowest BCUT2D eigenvalue weighted by Crippen LogP contribution is -2.50. The van der Waals surface area contributed by atoms with Crippen LogP contribution in [0, 0.1) is 0 Å². The van der Waals surface area contributed by atoms with Gasteiger partial charge in [0.1, 0.15) is 0 Å². The number of para-hydroxylation sites is 1. The predicted octanol–water partition coefficient (Wildman–Crippen LogP) is 4.93. The summed E-state index contributed by atoms with van der Waals surface area (Å²) < 4.78 is 46.1. The number of rotatable bonds is 5. The lowest BCUT2D eigenvalue weighted by Gasteiger charge is -2.36. The predicted molar refractivity (Wildman–Crippen MR) is 119 cm³/mol. The van der Waals surface area contributed by atoms with E-state index in [0.29, 0.717) is 31.2 Å². The first-order valence-corrected chi connectivity index (χ1v) is 10.8. The molecule has 4 rings (SSSR count). The molecule has 2 heterocycles. The van der Waals surface area contributed by atoms with Crippen molar-refractivity contribution in [1.29, 1.82) is 0 Å². The Balaban J connectivity index is 1.43. The van der Waals surface area contributed by atoms with Crippen LogP contribution in [0.3, 0.4) is 0 Å². The smallest absolute Gasteiger partial charge is 0.435 e. The molecule has 0 atom stereocenters. The monoisotopic (exact) mass is 498 g/mol. The van der Waals surface area contributed by atoms with E-state index in [1.54, 1.807) is 23.1 Å². The number of nitrogens with zero attached hydrogens (tertiary/aromatic N) is 4. The Morgan fingerprint density at radius 1 is 1.00 bits per heavy atom. The van der Waals surface area contributed by atoms with E-state index >= 15 is 0 Å². The van der Waals surface area contributed by atoms with E-state index in [2.05, 4.69) is 10.00 Å². The second-order valence-electron chi connectivity index (χ2n) is 7.37. The third kappa shape index (κ3) is 5.36. The summed E-state index contributed by atoms with van der Waals surface area (Å²) >= 11 is 12.2. The number of amides is 1. The SMILES string of the molecule is O=C(COc1cc(C(F)(F)F)nn1-c1ccccc1Cl)N1CCN(c2cccc(Cl)c2)CC1. The molecule has 1 amide bonds. The van der Waals surface area contributed by atoms with Crippen molar-refractivity contribution in [3.05, 3.63) is 70.3 Å². The number of alkyl halides is 3. The maximum Gasteiger partial charge on any atom is 0.435 e. The molecule has 11 heteroatoms. The van der Waals surface area contributed by atoms with Crippen molar-refractivity contribution < 1.29 is 22.7 Å². The Kier molecular flexibility index (Phi) is 6.71. The summed E-state index contributed by atoms with van der Waals surface area (Å²) in [5.74, 6) is -0.553. The fourth-order valence-electron chi connectivity index (χ4n) is 3.52. The highest BCUT2D eigenvalue weighted by molar-refractivity contribution is 6.32. The van der Waals surface area contributed by atoms with Gasteiger partial charge in [-0.2, -0.15) is 23.0 Å². The first-order chi connectivity index (χ1) is 15.7. The molecule has 3 aromatic rings. The van der Waals surface area contributed by atoms with E-state index in [4.69, 9.17) is 27.9 Å². The van der Waals surface area contributed by atoms with Crippen molar-refractivity contribution in [1.82, 2.24) is 14.7 Å². The van der Waals surface area contributed by atoms with Crippen LogP contribution in [0.15, 0.2) is 54.6 Å². The highest BCUT2D eigenvalue weighted by atomic mass is 35.5. The Morgan fingerprint density at radius 3 is 2.39 bits per heavy atom. The molecule has 6 nitrogen and oxygen atoms in total. The number of halogens is 5. The molecular formula is C22H19Cl2F3N4O2. The van der Waals surface area contributed by atoms with Crippen molar-refractivity contribution in [3.8, 4) is 11.6 Å². The van der Waals surface area contributed by atoms with Crippen LogP contribution in [-0.2, 0) is 11.0 Å². The topological polar surface area (TPSA) is 50.6 Å². The van der Waals surface area contributed by atoms with E-state index in [1.165, 1.54) is 12.1 Å². The van der Waals surface area contributed by atoms with Crippen molar-refractivity contribution >= 4 is 34.8 Å². The van der Waals surface area contributed by atoms with Gasteiger partial charge in [-0.05, 0) is 30.3 Å². The van der Waals surface area contributed by atoms with Gasteiger partial charge in [0.25, 0.3) is 5.91 Å². The minimum atomic E-state index is -4.68. The summed E-state index contributed by atoms with van der Waals surface area (Å²) in [4.78, 5) is 16.4. The zero-order chi connectivity index (χ0) is 23.6. The number of anilines is 1. The molecule has 1 aliphatic rings. The minimum absolute atomic E-state index is 0.197. The van der Waals surface area contributed by atoms with Crippen LogP contribution in [0.25, 0.3) is 5.69 Å². The number of carbonyl (C=O) groups excluding carboxylic acids is 1. The fourth-order valence-corrected chi connectivity index (χ4v) is 3.92. The molecule has 33 heavy (non-hydrogen) atoms. The molecule has 1 aliphatic heterocycles. The lowest BCUT2D eigenvalue weighted by molar-refractivity contribution is -0.141. The average molecular weight is 499 g/mol. The molecule has 2 aromatic carbocycles. The largest absolute Gasteiger partial charge is 0.467 e. The van der Waals surface area contributed by atoms with Gasteiger partial charge in [0.2, 0.25) is 5.88 Å². The molecule has 1 aromatic heterocycles. The van der Waals surface area contributed by atoms with Gasteiger partial charge in [-0.1, -0.05) is 41.4 Å². The zero-order valence-corrected chi connectivity index (χ0v) is 18.7. The number of hydrogen-bond donors (Lipinski definition) is 0. The third-order valence-electron chi connectivity index (χ3n) is 5.20. The number of hydrogen-bond acceptors (Lipinski definition) is 4. The van der Waals surface area contributed by atoms with E-state index in [0.717, 1.165) is 16.4 Å². The molecule has 0 spiro atoms. The summed E-state index contributed by atoms with van der Waals surface area (Å²) in [6, 6.07) is 14.5. The summed E-state index contributed by atoms with van der Waals surface area (Å²) in [6.45, 7) is 1.67. The van der Waals surface area contributed by atoms with Gasteiger partial charge in [-0.25, -0.2) is 0 Å². The number of carbonyl (C=O) groups is 1. The van der Waals surface area contributed by atoms with Gasteiger partial charge >= 0.3 is 6.18 Å². The normalized spacial score (nSPS) is 14.5. The molecule has 0 N–H and O–H groups in total. The first-order valence-electron chi connectivity index (χ1n) is 10.1. The molecule has 0 bridgehead atoms. The van der Waals surface area contributed by atoms with Gasteiger partial charge in [0.05, 0.1) is 10.7 Å². The van der Waals surface area contributed by atoms with Gasteiger partial charge in [0, 0.05) is 43.0 Å². The maximum atomic E-state index is 13.2. The maximum absolute atomic E-state index is 13.2. The van der Waals surface area contributed by atoms with Crippen LogP contribution >= 0.6 is 23.2 Å². The zero-order valence-electron chi connectivity index (χ0n) is 17.2. The van der Waals surface area contributed by atoms with Gasteiger partial charge in [0.15, 0.2) is 12.3 Å². The quantitative estimate of drug-likeness (QED) is 0.500. The highest BCUT2D eigenvalue weighted by Gasteiger charge is 2.36. The van der Waals surface area contributed by atoms with Crippen LogP contribution < -0.4 is 9.64 Å². The Bertz CT molecular complexity index is 1140. The summed E-state index contributed by atoms with van der Waals surface area (Å²) in [5.41, 5.74) is 0.0430. The van der Waals surface area contributed by atoms with E-state index in [9.17, 15) is 18.0 Å². The summed E-state index contributed by atoms with van der Waals surface area (Å²) in [5, 5.41) is 4.42. The van der Waals surface area contributed by atoms with Gasteiger partial charge in [-0.15, -0.1) is 0 Å². The van der Waals surface area contributed by atoms with Crippen molar-refractivity contribution in [2.45, 2.75) is 6.18 Å². The number of benzene rings is 2. The minimum Gasteiger partial charge on any atom is -0.467 e. The average Bonchev–Trinajstić information content (AvgIpc) is 3.22. The van der Waals surface area contributed by atoms with Gasteiger partial charge in [-0.3, -0.25) is 4.79 Å². The molecule has 0 saturated carbocycles. The molecule has 0 aliphatic carbocycles. The van der Waals surface area contributed by atoms with Crippen molar-refractivity contribution in [3.63, 3.8) is 0 Å². The molecule has 0 unspecified atom stereocenters. The van der Waals surface area contributed by atoms with Crippen LogP contribution in [-0.4, -0.2) is 53.4 Å². The van der Waals surface area contributed by atoms with Gasteiger partial charge < -0.3 is 14.5 Å². The Labute approximate surface area is 198 Å². The van der Waals surface area contributed by atoms with Crippen molar-refractivity contribution in [2.24, 2.45) is 0 Å². The molecule has 174 valence electrons. The third-order valence-corrected chi connectivity index (χ3v) is 5.75. The molecule has 1 saturated heterocycles. The lowest BCUT2D eigenvalue weighted by atomic mass is 10.2. The summed E-state index contributed by atoms with van der Waals surface area (Å²) in [6.07, 6.45) is -4.68. The number of aromatic nitrogens is 2. The first kappa shape index (κ1) is 23.3.